The number of hydrogen-bond acceptors (Lipinski definition) is 3. The standard InChI is InChI=1S/C22H23NO2/c1-25-22(16-10-4-2-5-11-16)19-15-9-8-14-18(19)20(24)21(22)23-17-12-6-3-7-13-17/h2,4-5,8-11,14-15,17H,3,6-7,12-13H2,1H3. The van der Waals surface area contributed by atoms with E-state index in [0.29, 0.717) is 11.3 Å². The number of Topliss-reactive ketones (excluding diaryl/α,β-unsaturated/α-hetero) is 1. The Balaban J connectivity index is 1.92. The van der Waals surface area contributed by atoms with Crippen molar-refractivity contribution >= 4 is 11.5 Å². The molecule has 2 aliphatic rings. The second kappa shape index (κ2) is 6.57. The summed E-state index contributed by atoms with van der Waals surface area (Å²) >= 11 is 0. The molecule has 0 spiro atoms. The van der Waals surface area contributed by atoms with E-state index < -0.39 is 5.60 Å². The van der Waals surface area contributed by atoms with E-state index in [4.69, 9.17) is 9.73 Å². The van der Waals surface area contributed by atoms with Crippen molar-refractivity contribution < 1.29 is 9.53 Å². The van der Waals surface area contributed by atoms with Gasteiger partial charge in [0, 0.05) is 18.2 Å². The summed E-state index contributed by atoms with van der Waals surface area (Å²) in [6.45, 7) is 0. The van der Waals surface area contributed by atoms with Crippen molar-refractivity contribution in [2.45, 2.75) is 43.7 Å². The maximum atomic E-state index is 13.2. The third kappa shape index (κ3) is 2.54. The van der Waals surface area contributed by atoms with Gasteiger partial charge in [-0.2, -0.15) is 0 Å². The van der Waals surface area contributed by atoms with Gasteiger partial charge in [-0.1, -0.05) is 73.9 Å². The average Bonchev–Trinajstić information content (AvgIpc) is 2.93. The molecule has 1 fully saturated rings. The van der Waals surface area contributed by atoms with Gasteiger partial charge < -0.3 is 4.74 Å². The molecule has 0 aliphatic heterocycles. The van der Waals surface area contributed by atoms with E-state index >= 15 is 0 Å². The van der Waals surface area contributed by atoms with Crippen LogP contribution < -0.4 is 0 Å². The molecule has 25 heavy (non-hydrogen) atoms. The Bertz CT molecular complexity index is 806. The van der Waals surface area contributed by atoms with Gasteiger partial charge in [0.1, 0.15) is 5.71 Å². The van der Waals surface area contributed by atoms with Crippen LogP contribution in [0, 0.1) is 0 Å². The van der Waals surface area contributed by atoms with Crippen LogP contribution in [-0.4, -0.2) is 24.6 Å². The topological polar surface area (TPSA) is 38.7 Å². The van der Waals surface area contributed by atoms with Gasteiger partial charge in [0.2, 0.25) is 5.78 Å². The summed E-state index contributed by atoms with van der Waals surface area (Å²) in [6.07, 6.45) is 5.76. The molecule has 3 nitrogen and oxygen atoms in total. The normalized spacial score (nSPS) is 25.3. The molecule has 2 aliphatic carbocycles. The predicted octanol–water partition coefficient (Wildman–Crippen LogP) is 4.55. The van der Waals surface area contributed by atoms with Gasteiger partial charge in [0.15, 0.2) is 5.60 Å². The molecule has 3 heteroatoms. The van der Waals surface area contributed by atoms with Crippen LogP contribution in [0.4, 0.5) is 0 Å². The van der Waals surface area contributed by atoms with Crippen molar-refractivity contribution in [2.75, 3.05) is 7.11 Å². The largest absolute Gasteiger partial charge is 0.362 e. The summed E-state index contributed by atoms with van der Waals surface area (Å²) < 4.78 is 6.08. The number of rotatable bonds is 3. The van der Waals surface area contributed by atoms with Crippen LogP contribution in [0.5, 0.6) is 0 Å². The van der Waals surface area contributed by atoms with E-state index in [1.54, 1.807) is 7.11 Å². The molecule has 1 saturated carbocycles. The Kier molecular flexibility index (Phi) is 4.26. The molecule has 0 N–H and O–H groups in total. The molecule has 0 saturated heterocycles. The first-order chi connectivity index (χ1) is 12.3. The summed E-state index contributed by atoms with van der Waals surface area (Å²) in [5.41, 5.74) is 2.23. The number of methoxy groups -OCH3 is 1. The fraction of sp³-hybridized carbons (Fsp3) is 0.364. The number of aliphatic imine (C=N–C) groups is 1. The van der Waals surface area contributed by atoms with E-state index in [1.807, 2.05) is 54.6 Å². The van der Waals surface area contributed by atoms with Crippen molar-refractivity contribution in [3.8, 4) is 0 Å². The first kappa shape index (κ1) is 16.2. The fourth-order valence-electron chi connectivity index (χ4n) is 4.23. The van der Waals surface area contributed by atoms with Gasteiger partial charge in [-0.15, -0.1) is 0 Å². The highest BCUT2D eigenvalue weighted by molar-refractivity contribution is 6.52. The molecule has 0 amide bonds. The minimum Gasteiger partial charge on any atom is -0.362 e. The first-order valence-corrected chi connectivity index (χ1v) is 9.10. The molecular weight excluding hydrogens is 310 g/mol. The number of carbonyl (C=O) groups is 1. The number of ketones is 1. The van der Waals surface area contributed by atoms with Crippen LogP contribution >= 0.6 is 0 Å². The molecule has 1 atom stereocenters. The number of benzene rings is 2. The molecule has 4 rings (SSSR count). The van der Waals surface area contributed by atoms with Crippen LogP contribution in [0.15, 0.2) is 59.6 Å². The lowest BCUT2D eigenvalue weighted by Gasteiger charge is -2.31. The second-order valence-electron chi connectivity index (χ2n) is 6.90. The second-order valence-corrected chi connectivity index (χ2v) is 6.90. The van der Waals surface area contributed by atoms with Crippen molar-refractivity contribution in [1.29, 1.82) is 0 Å². The highest BCUT2D eigenvalue weighted by atomic mass is 16.5. The SMILES string of the molecule is COC1(c2ccccc2)C(=NC2CCCCC2)C(=O)c2ccccc21. The fourth-order valence-corrected chi connectivity index (χ4v) is 4.23. The van der Waals surface area contributed by atoms with Crippen LogP contribution in [0.25, 0.3) is 0 Å². The maximum absolute atomic E-state index is 13.2. The highest BCUT2D eigenvalue weighted by Crippen LogP contribution is 2.43. The summed E-state index contributed by atoms with van der Waals surface area (Å²) in [5, 5.41) is 0. The third-order valence-electron chi connectivity index (χ3n) is 5.47. The molecular formula is C22H23NO2. The summed E-state index contributed by atoms with van der Waals surface area (Å²) in [6, 6.07) is 18.0. The molecule has 1 unspecified atom stereocenters. The number of ether oxygens (including phenoxy) is 1. The third-order valence-corrected chi connectivity index (χ3v) is 5.47. The summed E-state index contributed by atoms with van der Waals surface area (Å²) in [4.78, 5) is 18.2. The van der Waals surface area contributed by atoms with Crippen LogP contribution in [-0.2, 0) is 10.3 Å². The lowest BCUT2D eigenvalue weighted by molar-refractivity contribution is 0.0823. The number of fused-ring (bicyclic) bond motifs is 1. The molecule has 2 aromatic rings. The molecule has 0 bridgehead atoms. The van der Waals surface area contributed by atoms with Gasteiger partial charge in [0.05, 0.1) is 6.04 Å². The van der Waals surface area contributed by atoms with Crippen LogP contribution in [0.2, 0.25) is 0 Å². The quantitative estimate of drug-likeness (QED) is 0.827. The Morgan fingerprint density at radius 1 is 0.960 bits per heavy atom. The molecule has 0 radical (unpaired) electrons. The Morgan fingerprint density at radius 2 is 1.64 bits per heavy atom. The zero-order valence-electron chi connectivity index (χ0n) is 14.6. The van der Waals surface area contributed by atoms with E-state index in [1.165, 1.54) is 19.3 Å². The van der Waals surface area contributed by atoms with E-state index in [2.05, 4.69) is 0 Å². The lowest BCUT2D eigenvalue weighted by Crippen LogP contribution is -2.38. The smallest absolute Gasteiger partial charge is 0.210 e. The molecule has 0 heterocycles. The van der Waals surface area contributed by atoms with E-state index in [-0.39, 0.29) is 11.8 Å². The monoisotopic (exact) mass is 333 g/mol. The van der Waals surface area contributed by atoms with Crippen LogP contribution in [0.3, 0.4) is 0 Å². The van der Waals surface area contributed by atoms with Crippen molar-refractivity contribution in [2.24, 2.45) is 4.99 Å². The molecule has 128 valence electrons. The summed E-state index contributed by atoms with van der Waals surface area (Å²) in [5.74, 6) is 0.00637. The number of hydrogen-bond donors (Lipinski definition) is 0. The maximum Gasteiger partial charge on any atom is 0.210 e. The Morgan fingerprint density at radius 3 is 2.36 bits per heavy atom. The molecule has 2 aromatic carbocycles. The minimum atomic E-state index is -0.896. The van der Waals surface area contributed by atoms with Crippen molar-refractivity contribution in [1.82, 2.24) is 0 Å². The average molecular weight is 333 g/mol. The van der Waals surface area contributed by atoms with Gasteiger partial charge in [-0.05, 0) is 18.4 Å². The van der Waals surface area contributed by atoms with Gasteiger partial charge in [0.25, 0.3) is 0 Å². The Hall–Kier alpha value is -2.26. The molecule has 0 aromatic heterocycles. The zero-order valence-corrected chi connectivity index (χ0v) is 14.6. The first-order valence-electron chi connectivity index (χ1n) is 9.10. The highest BCUT2D eigenvalue weighted by Gasteiger charge is 2.51. The van der Waals surface area contributed by atoms with E-state index in [0.717, 1.165) is 24.0 Å². The van der Waals surface area contributed by atoms with E-state index in [9.17, 15) is 4.79 Å². The minimum absolute atomic E-state index is 0.00637. The zero-order chi connectivity index (χ0) is 17.3. The number of nitrogens with zero attached hydrogens (tertiary/aromatic N) is 1. The van der Waals surface area contributed by atoms with Gasteiger partial charge in [-0.3, -0.25) is 9.79 Å². The Labute approximate surface area is 148 Å². The van der Waals surface area contributed by atoms with Crippen LogP contribution in [0.1, 0.15) is 53.6 Å². The van der Waals surface area contributed by atoms with Gasteiger partial charge >= 0.3 is 0 Å². The van der Waals surface area contributed by atoms with Crippen molar-refractivity contribution in [3.63, 3.8) is 0 Å². The summed E-state index contributed by atoms with van der Waals surface area (Å²) in [7, 11) is 1.68. The van der Waals surface area contributed by atoms with Gasteiger partial charge in [-0.25, -0.2) is 0 Å². The number of carbonyl (C=O) groups excluding carboxylic acids is 1. The predicted molar refractivity (Wildman–Crippen MR) is 99.3 cm³/mol. The van der Waals surface area contributed by atoms with Crippen molar-refractivity contribution in [3.05, 3.63) is 71.3 Å². The lowest BCUT2D eigenvalue weighted by atomic mass is 9.85.